The molecule has 4 atom stereocenters. The third-order valence-corrected chi connectivity index (χ3v) is 7.60. The first-order valence-corrected chi connectivity index (χ1v) is 11.9. The highest BCUT2D eigenvalue weighted by atomic mass is 32.1. The Balaban J connectivity index is 1.28. The van der Waals surface area contributed by atoms with Crippen LogP contribution in [0.2, 0.25) is 0 Å². The maximum atomic E-state index is 6.50. The molecule has 2 aromatic heterocycles. The third-order valence-electron chi connectivity index (χ3n) is 6.74. The number of likely N-dealkylation sites (tertiary alicyclic amines) is 1. The monoisotopic (exact) mass is 415 g/mol. The molecule has 1 saturated heterocycles. The second kappa shape index (κ2) is 8.46. The number of rotatable bonds is 8. The van der Waals surface area contributed by atoms with Gasteiger partial charge in [0.25, 0.3) is 0 Å². The van der Waals surface area contributed by atoms with Crippen LogP contribution in [-0.2, 0) is 17.8 Å². The van der Waals surface area contributed by atoms with Crippen LogP contribution in [0.5, 0.6) is 0 Å². The van der Waals surface area contributed by atoms with Gasteiger partial charge in [0.05, 0.1) is 24.0 Å². The van der Waals surface area contributed by atoms with Crippen LogP contribution in [0.25, 0.3) is 0 Å². The van der Waals surface area contributed by atoms with Crippen molar-refractivity contribution >= 4 is 11.3 Å². The van der Waals surface area contributed by atoms with E-state index in [-0.39, 0.29) is 6.10 Å². The Morgan fingerprint density at radius 3 is 2.76 bits per heavy atom. The van der Waals surface area contributed by atoms with E-state index in [0.29, 0.717) is 6.04 Å². The summed E-state index contributed by atoms with van der Waals surface area (Å²) in [5, 5.41) is 11.1. The lowest BCUT2D eigenvalue weighted by molar-refractivity contribution is -0.0375. The van der Waals surface area contributed by atoms with E-state index in [4.69, 9.17) is 4.74 Å². The second-order valence-electron chi connectivity index (χ2n) is 9.58. The van der Waals surface area contributed by atoms with Crippen molar-refractivity contribution in [3.8, 4) is 0 Å². The smallest absolute Gasteiger partial charge is 0.0967 e. The summed E-state index contributed by atoms with van der Waals surface area (Å²) < 4.78 is 8.62. The van der Waals surface area contributed by atoms with E-state index in [1.807, 2.05) is 11.3 Å². The zero-order valence-electron chi connectivity index (χ0n) is 17.6. The molecule has 0 radical (unpaired) electrons. The lowest BCUT2D eigenvalue weighted by Crippen LogP contribution is -2.38. The lowest BCUT2D eigenvalue weighted by Gasteiger charge is -2.37. The highest BCUT2D eigenvalue weighted by Crippen LogP contribution is 2.43. The molecule has 0 aromatic carbocycles. The molecule has 2 aromatic rings. The first-order valence-electron chi connectivity index (χ1n) is 11.1. The van der Waals surface area contributed by atoms with Gasteiger partial charge < -0.3 is 9.64 Å². The van der Waals surface area contributed by atoms with Crippen molar-refractivity contribution in [3.05, 3.63) is 34.3 Å². The molecule has 0 spiro atoms. The molecule has 7 heteroatoms. The summed E-state index contributed by atoms with van der Waals surface area (Å²) in [6, 6.07) is 4.75. The predicted molar refractivity (Wildman–Crippen MR) is 115 cm³/mol. The number of hydrogen-bond acceptors (Lipinski definition) is 6. The molecule has 5 rings (SSSR count). The number of nitrogens with zero attached hydrogens (tertiary/aromatic N) is 5. The fourth-order valence-electron chi connectivity index (χ4n) is 5.11. The fourth-order valence-corrected chi connectivity index (χ4v) is 5.86. The summed E-state index contributed by atoms with van der Waals surface area (Å²) in [6.07, 6.45) is 7.42. The van der Waals surface area contributed by atoms with Crippen molar-refractivity contribution in [2.75, 3.05) is 33.8 Å². The molecule has 29 heavy (non-hydrogen) atoms. The molecule has 3 aliphatic rings. The standard InChI is InChI=1S/C22H33N5OS/c1-25(2)12-19-13-27(24-23-19)21-8-17-10-26(14-20-4-3-7-29-20)11-18(17)9-22(21)28-15-16-5-6-16/h3-4,7,13,16-18,21-22H,5-6,8-12,14-15H2,1-2H3/t17-,18+,21-,22-/m1/s1. The quantitative estimate of drug-likeness (QED) is 0.662. The van der Waals surface area contributed by atoms with Crippen LogP contribution in [0.15, 0.2) is 23.7 Å². The number of hydrogen-bond donors (Lipinski definition) is 0. The van der Waals surface area contributed by atoms with Gasteiger partial charge in [0.1, 0.15) is 0 Å². The Bertz CT molecular complexity index is 787. The van der Waals surface area contributed by atoms with Crippen molar-refractivity contribution < 1.29 is 4.74 Å². The summed E-state index contributed by atoms with van der Waals surface area (Å²) in [5.41, 5.74) is 1.05. The molecule has 3 fully saturated rings. The third kappa shape index (κ3) is 4.74. The first kappa shape index (κ1) is 19.7. The molecule has 0 amide bonds. The van der Waals surface area contributed by atoms with Crippen molar-refractivity contribution in [1.29, 1.82) is 0 Å². The van der Waals surface area contributed by atoms with Crippen LogP contribution in [0.4, 0.5) is 0 Å². The molecule has 2 saturated carbocycles. The molecule has 3 heterocycles. The van der Waals surface area contributed by atoms with Crippen LogP contribution in [0.1, 0.15) is 42.3 Å². The highest BCUT2D eigenvalue weighted by molar-refractivity contribution is 7.09. The van der Waals surface area contributed by atoms with Crippen molar-refractivity contribution in [2.45, 2.75) is 50.9 Å². The molecule has 0 bridgehead atoms. The van der Waals surface area contributed by atoms with E-state index in [0.717, 1.165) is 56.0 Å². The average molecular weight is 416 g/mol. The van der Waals surface area contributed by atoms with Gasteiger partial charge in [-0.15, -0.1) is 16.4 Å². The van der Waals surface area contributed by atoms with Gasteiger partial charge in [-0.3, -0.25) is 4.90 Å². The van der Waals surface area contributed by atoms with E-state index in [9.17, 15) is 0 Å². The summed E-state index contributed by atoms with van der Waals surface area (Å²) in [6.45, 7) is 5.27. The number of thiophene rings is 1. The van der Waals surface area contributed by atoms with E-state index < -0.39 is 0 Å². The van der Waals surface area contributed by atoms with Gasteiger partial charge in [-0.1, -0.05) is 11.3 Å². The van der Waals surface area contributed by atoms with E-state index >= 15 is 0 Å². The second-order valence-corrected chi connectivity index (χ2v) is 10.6. The Kier molecular flexibility index (Phi) is 5.74. The molecule has 6 nitrogen and oxygen atoms in total. The van der Waals surface area contributed by atoms with E-state index in [1.165, 1.54) is 30.8 Å². The molecule has 0 unspecified atom stereocenters. The summed E-state index contributed by atoms with van der Waals surface area (Å²) in [4.78, 5) is 6.28. The minimum absolute atomic E-state index is 0.271. The van der Waals surface area contributed by atoms with Gasteiger partial charge in [-0.05, 0) is 69.0 Å². The SMILES string of the molecule is CN(C)Cc1cn([C@@H]2C[C@@H]3CN(Cc4cccs4)C[C@@H]3C[C@H]2OCC2CC2)nn1. The van der Waals surface area contributed by atoms with Gasteiger partial charge in [0.2, 0.25) is 0 Å². The van der Waals surface area contributed by atoms with Crippen molar-refractivity contribution in [2.24, 2.45) is 17.8 Å². The zero-order chi connectivity index (χ0) is 19.8. The van der Waals surface area contributed by atoms with E-state index in [2.05, 4.69) is 62.6 Å². The maximum absolute atomic E-state index is 6.50. The van der Waals surface area contributed by atoms with Crippen molar-refractivity contribution in [1.82, 2.24) is 24.8 Å². The molecule has 1 aliphatic heterocycles. The predicted octanol–water partition coefficient (Wildman–Crippen LogP) is 3.28. The van der Waals surface area contributed by atoms with Gasteiger partial charge in [0, 0.05) is 37.7 Å². The maximum Gasteiger partial charge on any atom is 0.0967 e. The minimum atomic E-state index is 0.271. The molecule has 2 aliphatic carbocycles. The number of ether oxygens (including phenoxy) is 1. The van der Waals surface area contributed by atoms with Gasteiger partial charge in [0.15, 0.2) is 0 Å². The topological polar surface area (TPSA) is 46.4 Å². The largest absolute Gasteiger partial charge is 0.376 e. The van der Waals surface area contributed by atoms with Crippen LogP contribution in [-0.4, -0.2) is 64.7 Å². The van der Waals surface area contributed by atoms with E-state index in [1.54, 1.807) is 0 Å². The minimum Gasteiger partial charge on any atom is -0.376 e. The molecule has 158 valence electrons. The Morgan fingerprint density at radius 2 is 2.03 bits per heavy atom. The summed E-state index contributed by atoms with van der Waals surface area (Å²) in [7, 11) is 4.15. The van der Waals surface area contributed by atoms with Crippen LogP contribution in [0.3, 0.4) is 0 Å². The molecular weight excluding hydrogens is 382 g/mol. The molecular formula is C22H33N5OS. The Hall–Kier alpha value is -1.28. The van der Waals surface area contributed by atoms with Gasteiger partial charge >= 0.3 is 0 Å². The highest BCUT2D eigenvalue weighted by Gasteiger charge is 2.44. The van der Waals surface area contributed by atoms with Crippen LogP contribution < -0.4 is 0 Å². The fraction of sp³-hybridized carbons (Fsp3) is 0.727. The average Bonchev–Trinajstić information content (AvgIpc) is 3.06. The Morgan fingerprint density at radius 1 is 1.21 bits per heavy atom. The Labute approximate surface area is 177 Å². The molecule has 0 N–H and O–H groups in total. The number of fused-ring (bicyclic) bond motifs is 1. The lowest BCUT2D eigenvalue weighted by atomic mass is 9.77. The van der Waals surface area contributed by atoms with Crippen LogP contribution >= 0.6 is 11.3 Å². The zero-order valence-corrected chi connectivity index (χ0v) is 18.4. The first-order chi connectivity index (χ1) is 14.1. The van der Waals surface area contributed by atoms with Crippen LogP contribution in [0, 0.1) is 17.8 Å². The van der Waals surface area contributed by atoms with Gasteiger partial charge in [-0.25, -0.2) is 4.68 Å². The van der Waals surface area contributed by atoms with Crippen molar-refractivity contribution in [3.63, 3.8) is 0 Å². The summed E-state index contributed by atoms with van der Waals surface area (Å²) in [5.74, 6) is 2.29. The summed E-state index contributed by atoms with van der Waals surface area (Å²) >= 11 is 1.87. The van der Waals surface area contributed by atoms with Gasteiger partial charge in [-0.2, -0.15) is 0 Å². The number of aromatic nitrogens is 3. The normalized spacial score (nSPS) is 30.2.